The lowest BCUT2D eigenvalue weighted by Crippen LogP contribution is -2.46. The van der Waals surface area contributed by atoms with E-state index in [2.05, 4.69) is 10.6 Å². The molecule has 2 saturated heterocycles. The fraction of sp³-hybridized carbons (Fsp3) is 0.348. The van der Waals surface area contributed by atoms with E-state index in [1.54, 1.807) is 17.0 Å². The Morgan fingerprint density at radius 3 is 2.35 bits per heavy atom. The Kier molecular flexibility index (Phi) is 7.13. The van der Waals surface area contributed by atoms with Crippen LogP contribution in [-0.2, 0) is 28.6 Å². The monoisotopic (exact) mass is 493 g/mol. The van der Waals surface area contributed by atoms with E-state index in [0.29, 0.717) is 13.1 Å². The lowest BCUT2D eigenvalue weighted by atomic mass is 10.0. The summed E-state index contributed by atoms with van der Waals surface area (Å²) in [4.78, 5) is 37.2. The van der Waals surface area contributed by atoms with Crippen molar-refractivity contribution in [2.45, 2.75) is 24.3 Å². The molecule has 2 fully saturated rings. The van der Waals surface area contributed by atoms with E-state index in [4.69, 9.17) is 4.74 Å². The van der Waals surface area contributed by atoms with Gasteiger partial charge in [-0.3, -0.25) is 19.7 Å². The van der Waals surface area contributed by atoms with Gasteiger partial charge in [0.05, 0.1) is 17.2 Å². The molecule has 0 aromatic heterocycles. The molecular formula is C23H22F3N3O4S. The van der Waals surface area contributed by atoms with Gasteiger partial charge in [0.15, 0.2) is 0 Å². The molecule has 0 bridgehead atoms. The van der Waals surface area contributed by atoms with E-state index in [0.717, 1.165) is 36.5 Å². The third kappa shape index (κ3) is 5.89. The second-order valence-corrected chi connectivity index (χ2v) is 9.14. The summed E-state index contributed by atoms with van der Waals surface area (Å²) in [5.41, 5.74) is 0.0330. The second-order valence-electron chi connectivity index (χ2n) is 7.97. The molecule has 1 atom stereocenters. The summed E-state index contributed by atoms with van der Waals surface area (Å²) in [6, 6.07) is 9.96. The number of amides is 3. The molecule has 2 heterocycles. The SMILES string of the molecule is O=C1NC(=O)C(Cc2ccc(Oc3ccc(CC(=O)N4CCNCC4)cc3)c(C(F)(F)F)c2)S1. The molecule has 0 radical (unpaired) electrons. The van der Waals surface area contributed by atoms with E-state index in [9.17, 15) is 27.6 Å². The number of hydrogen-bond donors (Lipinski definition) is 2. The van der Waals surface area contributed by atoms with Crippen molar-refractivity contribution in [3.05, 3.63) is 59.2 Å². The second kappa shape index (κ2) is 10.1. The first-order chi connectivity index (χ1) is 16.2. The molecule has 2 aromatic carbocycles. The van der Waals surface area contributed by atoms with Crippen LogP contribution in [0.25, 0.3) is 0 Å². The standard InChI is InChI=1S/C23H22F3N3O4S/c24-23(25,26)17-11-15(12-19-21(31)28-22(32)34-19)3-6-18(17)33-16-4-1-14(2-5-16)13-20(30)29-9-7-27-8-10-29/h1-6,11,19,27H,7-10,12-13H2,(H,28,31,32). The first kappa shape index (κ1) is 24.1. The van der Waals surface area contributed by atoms with E-state index >= 15 is 0 Å². The lowest BCUT2D eigenvalue weighted by molar-refractivity contribution is -0.138. The average molecular weight is 494 g/mol. The maximum absolute atomic E-state index is 13.7. The molecule has 2 aromatic rings. The van der Waals surface area contributed by atoms with Crippen molar-refractivity contribution in [1.29, 1.82) is 0 Å². The fourth-order valence-corrected chi connectivity index (χ4v) is 4.62. The van der Waals surface area contributed by atoms with Gasteiger partial charge >= 0.3 is 6.18 Å². The van der Waals surface area contributed by atoms with Crippen LogP contribution in [0.2, 0.25) is 0 Å². The molecule has 11 heteroatoms. The van der Waals surface area contributed by atoms with E-state index in [-0.39, 0.29) is 35.8 Å². The number of nitrogens with zero attached hydrogens (tertiary/aromatic N) is 1. The zero-order valence-electron chi connectivity index (χ0n) is 18.0. The Bertz CT molecular complexity index is 1090. The molecule has 2 N–H and O–H groups in total. The zero-order chi connectivity index (χ0) is 24.3. The summed E-state index contributed by atoms with van der Waals surface area (Å²) in [5, 5.41) is 4.03. The first-order valence-corrected chi connectivity index (χ1v) is 11.5. The lowest BCUT2D eigenvalue weighted by Gasteiger charge is -2.27. The number of hydrogen-bond acceptors (Lipinski definition) is 6. The highest BCUT2D eigenvalue weighted by Gasteiger charge is 2.36. The van der Waals surface area contributed by atoms with Gasteiger partial charge in [-0.05, 0) is 41.8 Å². The number of thioether (sulfide) groups is 1. The van der Waals surface area contributed by atoms with Gasteiger partial charge in [0.2, 0.25) is 11.8 Å². The normalized spacial score (nSPS) is 18.7. The molecule has 0 aliphatic carbocycles. The summed E-state index contributed by atoms with van der Waals surface area (Å²) in [6.07, 6.45) is -4.48. The van der Waals surface area contributed by atoms with Gasteiger partial charge in [0.25, 0.3) is 5.24 Å². The number of ether oxygens (including phenoxy) is 1. The van der Waals surface area contributed by atoms with E-state index in [1.807, 2.05) is 0 Å². The molecule has 2 aliphatic heterocycles. The number of imide groups is 1. The topological polar surface area (TPSA) is 87.7 Å². The van der Waals surface area contributed by atoms with Crippen molar-refractivity contribution in [1.82, 2.24) is 15.5 Å². The summed E-state index contributed by atoms with van der Waals surface area (Å²) in [7, 11) is 0. The fourth-order valence-electron chi connectivity index (χ4n) is 3.76. The van der Waals surface area contributed by atoms with Crippen molar-refractivity contribution in [3.8, 4) is 11.5 Å². The number of piperazine rings is 1. The number of carbonyl (C=O) groups excluding carboxylic acids is 3. The van der Waals surface area contributed by atoms with Gasteiger partial charge in [-0.25, -0.2) is 0 Å². The summed E-state index contributed by atoms with van der Waals surface area (Å²) in [6.45, 7) is 2.81. The molecule has 1 unspecified atom stereocenters. The van der Waals surface area contributed by atoms with Gasteiger partial charge in [-0.15, -0.1) is 0 Å². The maximum atomic E-state index is 13.7. The minimum atomic E-state index is -4.68. The highest BCUT2D eigenvalue weighted by Crippen LogP contribution is 2.39. The Labute approximate surface area is 198 Å². The van der Waals surface area contributed by atoms with Crippen LogP contribution in [0.3, 0.4) is 0 Å². The van der Waals surface area contributed by atoms with Crippen molar-refractivity contribution in [3.63, 3.8) is 0 Å². The van der Waals surface area contributed by atoms with Crippen LogP contribution in [0.4, 0.5) is 18.0 Å². The van der Waals surface area contributed by atoms with Gasteiger partial charge in [-0.1, -0.05) is 30.0 Å². The largest absolute Gasteiger partial charge is 0.457 e. The van der Waals surface area contributed by atoms with Crippen LogP contribution in [-0.4, -0.2) is 53.4 Å². The van der Waals surface area contributed by atoms with E-state index in [1.165, 1.54) is 24.3 Å². The number of benzene rings is 2. The highest BCUT2D eigenvalue weighted by molar-refractivity contribution is 8.15. The van der Waals surface area contributed by atoms with Crippen molar-refractivity contribution < 1.29 is 32.3 Å². The number of nitrogens with one attached hydrogen (secondary N) is 2. The third-order valence-electron chi connectivity index (χ3n) is 5.51. The Morgan fingerprint density at radius 1 is 1.06 bits per heavy atom. The molecule has 180 valence electrons. The number of alkyl halides is 3. The summed E-state index contributed by atoms with van der Waals surface area (Å²) >= 11 is 0.761. The summed E-state index contributed by atoms with van der Waals surface area (Å²) < 4.78 is 46.6. The quantitative estimate of drug-likeness (QED) is 0.642. The van der Waals surface area contributed by atoms with Crippen LogP contribution < -0.4 is 15.4 Å². The first-order valence-electron chi connectivity index (χ1n) is 10.7. The molecule has 4 rings (SSSR count). The molecule has 0 saturated carbocycles. The summed E-state index contributed by atoms with van der Waals surface area (Å²) in [5.74, 6) is -0.686. The van der Waals surface area contributed by atoms with Crippen LogP contribution >= 0.6 is 11.8 Å². The number of halogens is 3. The van der Waals surface area contributed by atoms with Gasteiger partial charge < -0.3 is 15.0 Å². The molecule has 0 spiro atoms. The Morgan fingerprint density at radius 2 is 1.74 bits per heavy atom. The molecule has 3 amide bonds. The number of rotatable bonds is 6. The zero-order valence-corrected chi connectivity index (χ0v) is 18.8. The van der Waals surface area contributed by atoms with Crippen LogP contribution in [0.15, 0.2) is 42.5 Å². The molecule has 2 aliphatic rings. The van der Waals surface area contributed by atoms with Crippen molar-refractivity contribution >= 4 is 28.8 Å². The van der Waals surface area contributed by atoms with Gasteiger partial charge in [0.1, 0.15) is 11.5 Å². The van der Waals surface area contributed by atoms with Gasteiger partial charge in [0, 0.05) is 26.2 Å². The molecule has 7 nitrogen and oxygen atoms in total. The van der Waals surface area contributed by atoms with Crippen LogP contribution in [0, 0.1) is 0 Å². The minimum absolute atomic E-state index is 0.000854. The van der Waals surface area contributed by atoms with Crippen molar-refractivity contribution in [2.24, 2.45) is 0 Å². The number of carbonyl (C=O) groups is 3. The van der Waals surface area contributed by atoms with Gasteiger partial charge in [-0.2, -0.15) is 13.2 Å². The van der Waals surface area contributed by atoms with E-state index < -0.39 is 28.1 Å². The minimum Gasteiger partial charge on any atom is -0.457 e. The molecule has 34 heavy (non-hydrogen) atoms. The maximum Gasteiger partial charge on any atom is 0.419 e. The third-order valence-corrected chi connectivity index (χ3v) is 6.50. The predicted octanol–water partition coefficient (Wildman–Crippen LogP) is 3.37. The Hall–Kier alpha value is -3.05. The van der Waals surface area contributed by atoms with Crippen molar-refractivity contribution in [2.75, 3.05) is 26.2 Å². The predicted molar refractivity (Wildman–Crippen MR) is 120 cm³/mol. The van der Waals surface area contributed by atoms with Crippen LogP contribution in [0.5, 0.6) is 11.5 Å². The smallest absolute Gasteiger partial charge is 0.419 e. The Balaban J connectivity index is 1.45. The molecular weight excluding hydrogens is 471 g/mol. The highest BCUT2D eigenvalue weighted by atomic mass is 32.2. The average Bonchev–Trinajstić information content (AvgIpc) is 3.12. The van der Waals surface area contributed by atoms with Crippen LogP contribution in [0.1, 0.15) is 16.7 Å².